The van der Waals surface area contributed by atoms with Gasteiger partial charge in [0.25, 0.3) is 0 Å². The van der Waals surface area contributed by atoms with E-state index in [0.29, 0.717) is 17.8 Å². The maximum Gasteiger partial charge on any atom is 0.163 e. The number of hydrogen-bond donors (Lipinski definition) is 0. The Hall–Kier alpha value is -2.88. The van der Waals surface area contributed by atoms with Gasteiger partial charge < -0.3 is 9.26 Å². The highest BCUT2D eigenvalue weighted by Crippen LogP contribution is 2.63. The first-order valence-corrected chi connectivity index (χ1v) is 11.7. The van der Waals surface area contributed by atoms with Crippen molar-refractivity contribution < 1.29 is 13.7 Å². The van der Waals surface area contributed by atoms with Crippen molar-refractivity contribution in [3.8, 4) is 17.0 Å². The van der Waals surface area contributed by atoms with E-state index in [-0.39, 0.29) is 11.2 Å². The van der Waals surface area contributed by atoms with E-state index in [1.165, 1.54) is 41.7 Å². The molecule has 2 aromatic carbocycles. The van der Waals surface area contributed by atoms with Crippen LogP contribution in [0, 0.1) is 23.1 Å². The molecule has 4 atom stereocenters. The van der Waals surface area contributed by atoms with Crippen LogP contribution in [0.2, 0.25) is 0 Å². The van der Waals surface area contributed by atoms with Crippen molar-refractivity contribution in [1.29, 1.82) is 0 Å². The fourth-order valence-electron chi connectivity index (χ4n) is 6.79. The SMILES string of the molecule is COc1ccc2c(c1)CC[C@@H]1[C@@H]2CC[C@]2(C)C(c3cc(-c4ccc(F)cc4)no3)=CC[C@@H]12. The lowest BCUT2D eigenvalue weighted by atomic mass is 9.54. The average Bonchev–Trinajstić information content (AvgIpc) is 3.43. The number of ether oxygens (including phenoxy) is 1. The molecule has 3 nitrogen and oxygen atoms in total. The third-order valence-electron chi connectivity index (χ3n) is 8.43. The monoisotopic (exact) mass is 429 g/mol. The lowest BCUT2D eigenvalue weighted by Gasteiger charge is -2.50. The Balaban J connectivity index is 1.28. The molecule has 1 fully saturated rings. The van der Waals surface area contributed by atoms with Gasteiger partial charge in [-0.15, -0.1) is 0 Å². The number of allylic oxidation sites excluding steroid dienone is 2. The van der Waals surface area contributed by atoms with Gasteiger partial charge in [-0.25, -0.2) is 4.39 Å². The number of benzene rings is 2. The smallest absolute Gasteiger partial charge is 0.163 e. The predicted octanol–water partition coefficient (Wildman–Crippen LogP) is 7.04. The van der Waals surface area contributed by atoms with Gasteiger partial charge in [-0.05, 0) is 108 Å². The Bertz CT molecular complexity index is 1190. The number of methoxy groups -OCH3 is 1. The van der Waals surface area contributed by atoms with Gasteiger partial charge >= 0.3 is 0 Å². The van der Waals surface area contributed by atoms with E-state index in [2.05, 4.69) is 36.4 Å². The second kappa shape index (κ2) is 7.33. The van der Waals surface area contributed by atoms with Crippen LogP contribution in [0.1, 0.15) is 55.4 Å². The zero-order valence-electron chi connectivity index (χ0n) is 18.6. The second-order valence-electron chi connectivity index (χ2n) is 9.87. The standard InChI is InChI=1S/C28H28FNO2/c1-28-14-13-22-21-10-8-20(31-2)15-18(21)5-9-23(22)24(28)11-12-25(28)27-16-26(30-32-27)17-3-6-19(29)7-4-17/h3-4,6-8,10,12,15-16,22-24H,5,9,11,13-14H2,1-2H3/t22-,23-,24+,28+/m1/s1. The van der Waals surface area contributed by atoms with E-state index in [9.17, 15) is 4.39 Å². The molecule has 4 heteroatoms. The number of rotatable bonds is 3. The molecule has 3 aliphatic rings. The van der Waals surface area contributed by atoms with Gasteiger partial charge in [-0.2, -0.15) is 0 Å². The number of aromatic nitrogens is 1. The number of hydrogen-bond acceptors (Lipinski definition) is 3. The quantitative estimate of drug-likeness (QED) is 0.448. The lowest BCUT2D eigenvalue weighted by Crippen LogP contribution is -2.40. The molecule has 32 heavy (non-hydrogen) atoms. The van der Waals surface area contributed by atoms with Crippen molar-refractivity contribution in [2.75, 3.05) is 7.11 Å². The minimum Gasteiger partial charge on any atom is -0.497 e. The van der Waals surface area contributed by atoms with Crippen molar-refractivity contribution in [2.24, 2.45) is 17.3 Å². The molecule has 0 spiro atoms. The molecule has 0 aliphatic heterocycles. The first-order chi connectivity index (χ1) is 15.6. The van der Waals surface area contributed by atoms with E-state index >= 15 is 0 Å². The summed E-state index contributed by atoms with van der Waals surface area (Å²) in [7, 11) is 1.75. The number of nitrogens with zero attached hydrogens (tertiary/aromatic N) is 1. The highest BCUT2D eigenvalue weighted by Gasteiger charge is 2.52. The molecule has 0 radical (unpaired) electrons. The van der Waals surface area contributed by atoms with Crippen LogP contribution >= 0.6 is 0 Å². The maximum atomic E-state index is 13.3. The Morgan fingerprint density at radius 3 is 2.75 bits per heavy atom. The molecular formula is C28H28FNO2. The Kier molecular flexibility index (Phi) is 4.53. The zero-order valence-corrected chi connectivity index (χ0v) is 18.6. The number of aryl methyl sites for hydroxylation is 1. The summed E-state index contributed by atoms with van der Waals surface area (Å²) in [5, 5.41) is 4.31. The van der Waals surface area contributed by atoms with E-state index in [1.54, 1.807) is 19.2 Å². The van der Waals surface area contributed by atoms with Crippen LogP contribution < -0.4 is 4.74 Å². The summed E-state index contributed by atoms with van der Waals surface area (Å²) < 4.78 is 24.6. The van der Waals surface area contributed by atoms with Gasteiger partial charge in [0.2, 0.25) is 0 Å². The van der Waals surface area contributed by atoms with E-state index in [0.717, 1.165) is 42.0 Å². The molecular weight excluding hydrogens is 401 g/mol. The molecule has 0 amide bonds. The minimum absolute atomic E-state index is 0.116. The Morgan fingerprint density at radius 1 is 1.09 bits per heavy atom. The number of fused-ring (bicyclic) bond motifs is 5. The summed E-state index contributed by atoms with van der Waals surface area (Å²) in [6.45, 7) is 2.43. The molecule has 1 heterocycles. The Labute approximate surface area is 188 Å². The highest BCUT2D eigenvalue weighted by molar-refractivity contribution is 5.73. The topological polar surface area (TPSA) is 35.3 Å². The average molecular weight is 430 g/mol. The van der Waals surface area contributed by atoms with Crippen molar-refractivity contribution in [3.63, 3.8) is 0 Å². The van der Waals surface area contributed by atoms with Gasteiger partial charge in [0.1, 0.15) is 17.3 Å². The normalized spacial score (nSPS) is 28.5. The summed E-state index contributed by atoms with van der Waals surface area (Å²) in [6, 6.07) is 15.1. The van der Waals surface area contributed by atoms with Gasteiger partial charge in [0.15, 0.2) is 5.76 Å². The summed E-state index contributed by atoms with van der Waals surface area (Å²) >= 11 is 0. The van der Waals surface area contributed by atoms with Crippen molar-refractivity contribution >= 4 is 5.57 Å². The van der Waals surface area contributed by atoms with Crippen LogP contribution in [0.4, 0.5) is 4.39 Å². The third-order valence-corrected chi connectivity index (χ3v) is 8.43. The summed E-state index contributed by atoms with van der Waals surface area (Å²) in [5.74, 6) is 3.56. The molecule has 3 aliphatic carbocycles. The van der Waals surface area contributed by atoms with Gasteiger partial charge in [-0.1, -0.05) is 24.2 Å². The van der Waals surface area contributed by atoms with Crippen LogP contribution in [-0.4, -0.2) is 12.3 Å². The molecule has 0 bridgehead atoms. The molecule has 0 unspecified atom stereocenters. The van der Waals surface area contributed by atoms with Crippen LogP contribution in [0.25, 0.3) is 16.8 Å². The van der Waals surface area contributed by atoms with Gasteiger partial charge in [-0.3, -0.25) is 0 Å². The molecule has 164 valence electrons. The molecule has 0 saturated heterocycles. The summed E-state index contributed by atoms with van der Waals surface area (Å²) in [4.78, 5) is 0. The zero-order chi connectivity index (χ0) is 21.9. The Morgan fingerprint density at radius 2 is 1.94 bits per heavy atom. The van der Waals surface area contributed by atoms with Gasteiger partial charge in [0, 0.05) is 11.6 Å². The van der Waals surface area contributed by atoms with Gasteiger partial charge in [0.05, 0.1) is 7.11 Å². The molecule has 1 aromatic heterocycles. The lowest BCUT2D eigenvalue weighted by molar-refractivity contribution is 0.0872. The fraction of sp³-hybridized carbons (Fsp3) is 0.393. The summed E-state index contributed by atoms with van der Waals surface area (Å²) in [5.41, 5.74) is 6.08. The van der Waals surface area contributed by atoms with Crippen LogP contribution in [0.3, 0.4) is 0 Å². The first kappa shape index (κ1) is 19.8. The predicted molar refractivity (Wildman–Crippen MR) is 123 cm³/mol. The van der Waals surface area contributed by atoms with Crippen LogP contribution in [0.15, 0.2) is 59.1 Å². The van der Waals surface area contributed by atoms with Crippen LogP contribution in [0.5, 0.6) is 5.75 Å². The van der Waals surface area contributed by atoms with Crippen molar-refractivity contribution in [2.45, 2.75) is 44.9 Å². The van der Waals surface area contributed by atoms with E-state index < -0.39 is 0 Å². The minimum atomic E-state index is -0.240. The van der Waals surface area contributed by atoms with E-state index in [4.69, 9.17) is 9.26 Å². The molecule has 0 N–H and O–H groups in total. The molecule has 1 saturated carbocycles. The van der Waals surface area contributed by atoms with Crippen molar-refractivity contribution in [1.82, 2.24) is 5.16 Å². The molecule has 3 aromatic rings. The van der Waals surface area contributed by atoms with E-state index in [1.807, 2.05) is 6.07 Å². The van der Waals surface area contributed by atoms with Crippen LogP contribution in [-0.2, 0) is 6.42 Å². The van der Waals surface area contributed by atoms with Crippen molar-refractivity contribution in [3.05, 3.63) is 77.3 Å². The summed E-state index contributed by atoms with van der Waals surface area (Å²) in [6.07, 6.45) is 8.22. The largest absolute Gasteiger partial charge is 0.497 e. The third kappa shape index (κ3) is 2.96. The number of halogens is 1. The highest BCUT2D eigenvalue weighted by atomic mass is 19.1. The molecule has 6 rings (SSSR count). The fourth-order valence-corrected chi connectivity index (χ4v) is 6.79. The maximum absolute atomic E-state index is 13.3. The second-order valence-corrected chi connectivity index (χ2v) is 9.87. The first-order valence-electron chi connectivity index (χ1n) is 11.7.